The molecule has 3 rings (SSSR count). The molecule has 0 saturated carbocycles. The van der Waals surface area contributed by atoms with E-state index in [2.05, 4.69) is 18.8 Å². The highest BCUT2D eigenvalue weighted by Crippen LogP contribution is 2.31. The van der Waals surface area contributed by atoms with Crippen molar-refractivity contribution in [3.05, 3.63) is 39.7 Å². The van der Waals surface area contributed by atoms with Crippen LogP contribution in [-0.2, 0) is 11.2 Å². The number of aromatic nitrogens is 1. The zero-order valence-electron chi connectivity index (χ0n) is 13.2. The number of likely N-dealkylation sites (tertiary alicyclic amines) is 1. The zero-order chi connectivity index (χ0) is 15.5. The minimum Gasteiger partial charge on any atom is -0.469 e. The molecule has 0 radical (unpaired) electrons. The van der Waals surface area contributed by atoms with Crippen LogP contribution in [0, 0.1) is 13.8 Å². The second-order valence-corrected chi connectivity index (χ2v) is 7.19. The molecule has 0 spiro atoms. The standard InChI is InChI=1S/C17H22N2O2S/c1-12-13(2)22-17(18-12)14-5-3-9-19(11-14)16(20)8-7-15-6-4-10-21-15/h4,6,10,14H,3,5,7-9,11H2,1-2H3/t14-/m1/s1. The van der Waals surface area contributed by atoms with Crippen molar-refractivity contribution in [3.8, 4) is 0 Å². The first-order valence-electron chi connectivity index (χ1n) is 7.87. The molecule has 3 heterocycles. The number of hydrogen-bond donors (Lipinski definition) is 0. The summed E-state index contributed by atoms with van der Waals surface area (Å²) in [6, 6.07) is 3.79. The van der Waals surface area contributed by atoms with Gasteiger partial charge in [-0.2, -0.15) is 0 Å². The Kier molecular flexibility index (Phi) is 4.62. The maximum atomic E-state index is 12.4. The van der Waals surface area contributed by atoms with Crippen molar-refractivity contribution < 1.29 is 9.21 Å². The molecule has 5 heteroatoms. The summed E-state index contributed by atoms with van der Waals surface area (Å²) in [4.78, 5) is 20.4. The summed E-state index contributed by atoms with van der Waals surface area (Å²) < 4.78 is 5.30. The third-order valence-corrected chi connectivity index (χ3v) is 5.57. The summed E-state index contributed by atoms with van der Waals surface area (Å²) >= 11 is 1.78. The first-order chi connectivity index (χ1) is 10.6. The summed E-state index contributed by atoms with van der Waals surface area (Å²) in [5.74, 6) is 1.51. The Balaban J connectivity index is 1.58. The molecule has 1 saturated heterocycles. The number of nitrogens with zero attached hydrogens (tertiary/aromatic N) is 2. The summed E-state index contributed by atoms with van der Waals surface area (Å²) in [5, 5.41) is 1.19. The van der Waals surface area contributed by atoms with Gasteiger partial charge < -0.3 is 9.32 Å². The predicted octanol–water partition coefficient (Wildman–Crippen LogP) is 3.69. The van der Waals surface area contributed by atoms with E-state index in [0.29, 0.717) is 18.8 Å². The summed E-state index contributed by atoms with van der Waals surface area (Å²) in [6.07, 6.45) is 5.06. The van der Waals surface area contributed by atoms with Gasteiger partial charge in [0.25, 0.3) is 0 Å². The van der Waals surface area contributed by atoms with Gasteiger partial charge in [-0.15, -0.1) is 11.3 Å². The van der Waals surface area contributed by atoms with E-state index in [4.69, 9.17) is 4.42 Å². The summed E-state index contributed by atoms with van der Waals surface area (Å²) in [6.45, 7) is 5.86. The lowest BCUT2D eigenvalue weighted by molar-refractivity contribution is -0.132. The van der Waals surface area contributed by atoms with E-state index in [9.17, 15) is 4.79 Å². The zero-order valence-corrected chi connectivity index (χ0v) is 14.0. The maximum absolute atomic E-state index is 12.4. The van der Waals surface area contributed by atoms with Gasteiger partial charge in [-0.25, -0.2) is 4.98 Å². The van der Waals surface area contributed by atoms with Crippen LogP contribution in [0.5, 0.6) is 0 Å². The van der Waals surface area contributed by atoms with E-state index >= 15 is 0 Å². The fourth-order valence-corrected chi connectivity index (χ4v) is 3.97. The number of piperidine rings is 1. The molecule has 0 N–H and O–H groups in total. The first kappa shape index (κ1) is 15.3. The first-order valence-corrected chi connectivity index (χ1v) is 8.69. The number of aryl methyl sites for hydroxylation is 3. The molecule has 0 aromatic carbocycles. The van der Waals surface area contributed by atoms with E-state index in [1.165, 1.54) is 9.88 Å². The van der Waals surface area contributed by atoms with Crippen molar-refractivity contribution in [2.24, 2.45) is 0 Å². The van der Waals surface area contributed by atoms with E-state index < -0.39 is 0 Å². The number of thiazole rings is 1. The van der Waals surface area contributed by atoms with Gasteiger partial charge >= 0.3 is 0 Å². The second kappa shape index (κ2) is 6.65. The molecule has 1 fully saturated rings. The highest BCUT2D eigenvalue weighted by Gasteiger charge is 2.26. The van der Waals surface area contributed by atoms with Crippen molar-refractivity contribution in [1.82, 2.24) is 9.88 Å². The Morgan fingerprint density at radius 3 is 3.05 bits per heavy atom. The smallest absolute Gasteiger partial charge is 0.223 e. The van der Waals surface area contributed by atoms with Gasteiger partial charge in [0.15, 0.2) is 0 Å². The highest BCUT2D eigenvalue weighted by atomic mass is 32.1. The molecular weight excluding hydrogens is 296 g/mol. The van der Waals surface area contributed by atoms with Crippen LogP contribution < -0.4 is 0 Å². The molecule has 1 aliphatic rings. The Bertz CT molecular complexity index is 614. The van der Waals surface area contributed by atoms with Gasteiger partial charge in [0, 0.05) is 36.7 Å². The SMILES string of the molecule is Cc1nc([C@@H]2CCCN(C(=O)CCc3ccco3)C2)sc1C. The monoisotopic (exact) mass is 318 g/mol. The fourth-order valence-electron chi connectivity index (χ4n) is 2.92. The van der Waals surface area contributed by atoms with Gasteiger partial charge in [-0.3, -0.25) is 4.79 Å². The van der Waals surface area contributed by atoms with Gasteiger partial charge in [0.1, 0.15) is 5.76 Å². The van der Waals surface area contributed by atoms with Crippen LogP contribution in [0.4, 0.5) is 0 Å². The predicted molar refractivity (Wildman–Crippen MR) is 87.2 cm³/mol. The Labute approximate surface area is 135 Å². The molecule has 118 valence electrons. The lowest BCUT2D eigenvalue weighted by Crippen LogP contribution is -2.39. The average Bonchev–Trinajstić information content (AvgIpc) is 3.16. The van der Waals surface area contributed by atoms with Gasteiger partial charge in [0.2, 0.25) is 5.91 Å². The van der Waals surface area contributed by atoms with E-state index in [0.717, 1.165) is 37.4 Å². The summed E-state index contributed by atoms with van der Waals surface area (Å²) in [5.41, 5.74) is 1.13. The van der Waals surface area contributed by atoms with Gasteiger partial charge in [-0.05, 0) is 38.8 Å². The lowest BCUT2D eigenvalue weighted by atomic mass is 9.98. The molecule has 1 atom stereocenters. The minimum atomic E-state index is 0.228. The van der Waals surface area contributed by atoms with Crippen LogP contribution in [0.25, 0.3) is 0 Å². The molecule has 4 nitrogen and oxygen atoms in total. The molecule has 0 aliphatic carbocycles. The van der Waals surface area contributed by atoms with Crippen molar-refractivity contribution in [1.29, 1.82) is 0 Å². The molecule has 2 aromatic heterocycles. The van der Waals surface area contributed by atoms with Crippen LogP contribution in [0.2, 0.25) is 0 Å². The number of carbonyl (C=O) groups is 1. The quantitative estimate of drug-likeness (QED) is 0.863. The largest absolute Gasteiger partial charge is 0.469 e. The molecule has 0 bridgehead atoms. The Morgan fingerprint density at radius 2 is 2.36 bits per heavy atom. The number of furan rings is 1. The molecule has 22 heavy (non-hydrogen) atoms. The van der Waals surface area contributed by atoms with Crippen LogP contribution in [-0.4, -0.2) is 28.9 Å². The third-order valence-electron chi connectivity index (χ3n) is 4.33. The number of amides is 1. The van der Waals surface area contributed by atoms with Crippen molar-refractivity contribution in [2.75, 3.05) is 13.1 Å². The minimum absolute atomic E-state index is 0.228. The van der Waals surface area contributed by atoms with E-state index in [-0.39, 0.29) is 5.91 Å². The summed E-state index contributed by atoms with van der Waals surface area (Å²) in [7, 11) is 0. The normalized spacial score (nSPS) is 18.6. The second-order valence-electron chi connectivity index (χ2n) is 5.95. The topological polar surface area (TPSA) is 46.3 Å². The molecular formula is C17H22N2O2S. The van der Waals surface area contributed by atoms with Crippen molar-refractivity contribution in [2.45, 2.75) is 45.4 Å². The van der Waals surface area contributed by atoms with E-state index in [1.54, 1.807) is 17.6 Å². The number of carbonyl (C=O) groups excluding carboxylic acids is 1. The number of rotatable bonds is 4. The lowest BCUT2D eigenvalue weighted by Gasteiger charge is -2.32. The van der Waals surface area contributed by atoms with Gasteiger partial charge in [0.05, 0.1) is 17.0 Å². The van der Waals surface area contributed by atoms with Crippen LogP contribution in [0.3, 0.4) is 0 Å². The van der Waals surface area contributed by atoms with Crippen LogP contribution in [0.15, 0.2) is 22.8 Å². The molecule has 0 unspecified atom stereocenters. The fraction of sp³-hybridized carbons (Fsp3) is 0.529. The van der Waals surface area contributed by atoms with Crippen molar-refractivity contribution in [3.63, 3.8) is 0 Å². The maximum Gasteiger partial charge on any atom is 0.223 e. The Hall–Kier alpha value is -1.62. The van der Waals surface area contributed by atoms with E-state index in [1.807, 2.05) is 17.0 Å². The molecule has 1 amide bonds. The average molecular weight is 318 g/mol. The van der Waals surface area contributed by atoms with Gasteiger partial charge in [-0.1, -0.05) is 0 Å². The van der Waals surface area contributed by atoms with Crippen LogP contribution in [0.1, 0.15) is 46.5 Å². The highest BCUT2D eigenvalue weighted by molar-refractivity contribution is 7.11. The van der Waals surface area contributed by atoms with Crippen molar-refractivity contribution >= 4 is 17.2 Å². The number of hydrogen-bond acceptors (Lipinski definition) is 4. The Morgan fingerprint density at radius 1 is 1.50 bits per heavy atom. The third kappa shape index (κ3) is 3.40. The van der Waals surface area contributed by atoms with Crippen LogP contribution >= 0.6 is 11.3 Å². The molecule has 1 aliphatic heterocycles. The molecule has 2 aromatic rings.